The third-order valence-electron chi connectivity index (χ3n) is 4.12. The second kappa shape index (κ2) is 11.3. The van der Waals surface area contributed by atoms with Gasteiger partial charge in [0.1, 0.15) is 0 Å². The summed E-state index contributed by atoms with van der Waals surface area (Å²) in [5.41, 5.74) is 0. The molecule has 0 aromatic rings. The molecule has 138 valence electrons. The maximum atomic E-state index is 11.6. The van der Waals surface area contributed by atoms with Crippen molar-refractivity contribution in [3.63, 3.8) is 0 Å². The van der Waals surface area contributed by atoms with Gasteiger partial charge in [-0.2, -0.15) is 0 Å². The Morgan fingerprint density at radius 3 is 2.67 bits per heavy atom. The van der Waals surface area contributed by atoms with Gasteiger partial charge in [-0.05, 0) is 38.5 Å². The maximum absolute atomic E-state index is 11.6. The molecule has 2 rings (SSSR count). The van der Waals surface area contributed by atoms with Crippen LogP contribution in [-0.2, 0) is 14.3 Å². The van der Waals surface area contributed by atoms with Crippen LogP contribution in [0, 0.1) is 0 Å². The van der Waals surface area contributed by atoms with Gasteiger partial charge in [0.25, 0.3) is 0 Å². The van der Waals surface area contributed by atoms with Crippen molar-refractivity contribution in [3.8, 4) is 0 Å². The molecule has 0 spiro atoms. The standard InChI is InChI=1S/C17H32N4O3/c1-18-17(19-9-2-6-16(22)21-14-7-8-14)20-10-4-11-23-13-15-5-3-12-24-15/h14-15H,2-13H2,1H3,(H,21,22)(H2,18,19,20). The molecule has 7 heteroatoms. The normalized spacial score (nSPS) is 20.9. The van der Waals surface area contributed by atoms with Crippen LogP contribution in [-0.4, -0.2) is 64.0 Å². The van der Waals surface area contributed by atoms with Gasteiger partial charge in [-0.1, -0.05) is 0 Å². The van der Waals surface area contributed by atoms with E-state index < -0.39 is 0 Å². The Bertz CT molecular complexity index is 393. The molecule has 0 aromatic carbocycles. The Kier molecular flexibility index (Phi) is 8.91. The fraction of sp³-hybridized carbons (Fsp3) is 0.882. The van der Waals surface area contributed by atoms with Crippen LogP contribution in [0.15, 0.2) is 4.99 Å². The van der Waals surface area contributed by atoms with Gasteiger partial charge in [-0.15, -0.1) is 0 Å². The molecule has 3 N–H and O–H groups in total. The number of hydrogen-bond donors (Lipinski definition) is 3. The van der Waals surface area contributed by atoms with Crippen LogP contribution in [0.3, 0.4) is 0 Å². The number of carbonyl (C=O) groups is 1. The van der Waals surface area contributed by atoms with Crippen LogP contribution >= 0.6 is 0 Å². The highest BCUT2D eigenvalue weighted by Crippen LogP contribution is 2.18. The molecule has 7 nitrogen and oxygen atoms in total. The van der Waals surface area contributed by atoms with E-state index in [1.165, 1.54) is 0 Å². The minimum absolute atomic E-state index is 0.158. The molecule has 2 fully saturated rings. The molecule has 1 saturated heterocycles. The van der Waals surface area contributed by atoms with E-state index >= 15 is 0 Å². The topological polar surface area (TPSA) is 84.0 Å². The number of hydrogen-bond acceptors (Lipinski definition) is 4. The molecule has 1 saturated carbocycles. The van der Waals surface area contributed by atoms with E-state index in [9.17, 15) is 4.79 Å². The first-order chi connectivity index (χ1) is 11.8. The van der Waals surface area contributed by atoms with Gasteiger partial charge < -0.3 is 25.4 Å². The van der Waals surface area contributed by atoms with Crippen LogP contribution in [0.5, 0.6) is 0 Å². The van der Waals surface area contributed by atoms with Gasteiger partial charge in [-0.3, -0.25) is 9.79 Å². The van der Waals surface area contributed by atoms with Crippen molar-refractivity contribution in [3.05, 3.63) is 0 Å². The predicted octanol–water partition coefficient (Wildman–Crippen LogP) is 0.796. The summed E-state index contributed by atoms with van der Waals surface area (Å²) in [6.07, 6.45) is 7.14. The van der Waals surface area contributed by atoms with Crippen molar-refractivity contribution in [2.75, 3.05) is 40.0 Å². The molecule has 0 radical (unpaired) electrons. The molecule has 1 atom stereocenters. The first kappa shape index (κ1) is 19.0. The second-order valence-electron chi connectivity index (χ2n) is 6.43. The highest BCUT2D eigenvalue weighted by molar-refractivity contribution is 5.79. The quantitative estimate of drug-likeness (QED) is 0.294. The Labute approximate surface area is 145 Å². The lowest BCUT2D eigenvalue weighted by atomic mass is 10.2. The van der Waals surface area contributed by atoms with Gasteiger partial charge in [0, 0.05) is 45.8 Å². The number of ether oxygens (including phenoxy) is 2. The largest absolute Gasteiger partial charge is 0.379 e. The van der Waals surface area contributed by atoms with E-state index in [-0.39, 0.29) is 5.91 Å². The number of nitrogens with zero attached hydrogens (tertiary/aromatic N) is 1. The number of carbonyl (C=O) groups excluding carboxylic acids is 1. The summed E-state index contributed by atoms with van der Waals surface area (Å²) in [5, 5.41) is 9.48. The molecule has 1 amide bonds. The van der Waals surface area contributed by atoms with Crippen molar-refractivity contribution in [1.29, 1.82) is 0 Å². The molecule has 24 heavy (non-hydrogen) atoms. The zero-order valence-electron chi connectivity index (χ0n) is 14.8. The van der Waals surface area contributed by atoms with Crippen LogP contribution in [0.1, 0.15) is 44.9 Å². The predicted molar refractivity (Wildman–Crippen MR) is 94.2 cm³/mol. The Balaban J connectivity index is 1.39. The van der Waals surface area contributed by atoms with Crippen molar-refractivity contribution >= 4 is 11.9 Å². The fourth-order valence-electron chi connectivity index (χ4n) is 2.58. The van der Waals surface area contributed by atoms with Gasteiger partial charge >= 0.3 is 0 Å². The monoisotopic (exact) mass is 340 g/mol. The average molecular weight is 340 g/mol. The Morgan fingerprint density at radius 2 is 2.00 bits per heavy atom. The molecule has 0 aromatic heterocycles. The summed E-state index contributed by atoms with van der Waals surface area (Å²) < 4.78 is 11.1. The van der Waals surface area contributed by atoms with Crippen LogP contribution in [0.25, 0.3) is 0 Å². The van der Waals surface area contributed by atoms with Crippen LogP contribution in [0.2, 0.25) is 0 Å². The van der Waals surface area contributed by atoms with E-state index in [4.69, 9.17) is 9.47 Å². The molecule has 0 bridgehead atoms. The molecule has 1 heterocycles. The highest BCUT2D eigenvalue weighted by Gasteiger charge is 2.22. The van der Waals surface area contributed by atoms with Gasteiger partial charge in [0.05, 0.1) is 12.7 Å². The lowest BCUT2D eigenvalue weighted by Crippen LogP contribution is -2.38. The van der Waals surface area contributed by atoms with Crippen molar-refractivity contribution in [2.24, 2.45) is 4.99 Å². The van der Waals surface area contributed by atoms with Gasteiger partial charge in [-0.25, -0.2) is 0 Å². The van der Waals surface area contributed by atoms with Crippen molar-refractivity contribution in [2.45, 2.75) is 57.1 Å². The average Bonchev–Trinajstić information content (AvgIpc) is 3.23. The number of nitrogens with one attached hydrogen (secondary N) is 3. The van der Waals surface area contributed by atoms with Crippen molar-refractivity contribution < 1.29 is 14.3 Å². The van der Waals surface area contributed by atoms with Gasteiger partial charge in [0.15, 0.2) is 5.96 Å². The zero-order valence-corrected chi connectivity index (χ0v) is 14.8. The first-order valence-corrected chi connectivity index (χ1v) is 9.21. The first-order valence-electron chi connectivity index (χ1n) is 9.21. The number of guanidine groups is 1. The maximum Gasteiger partial charge on any atom is 0.220 e. The third kappa shape index (κ3) is 8.49. The Hall–Kier alpha value is -1.34. The molecular formula is C17H32N4O3. The second-order valence-corrected chi connectivity index (χ2v) is 6.43. The summed E-state index contributed by atoms with van der Waals surface area (Å²) in [7, 11) is 1.75. The summed E-state index contributed by atoms with van der Waals surface area (Å²) >= 11 is 0. The summed E-state index contributed by atoms with van der Waals surface area (Å²) in [6, 6.07) is 0.447. The smallest absolute Gasteiger partial charge is 0.220 e. The Morgan fingerprint density at radius 1 is 1.21 bits per heavy atom. The number of rotatable bonds is 11. The molecular weight excluding hydrogens is 308 g/mol. The van der Waals surface area contributed by atoms with E-state index in [0.29, 0.717) is 25.2 Å². The van der Waals surface area contributed by atoms with E-state index in [0.717, 1.165) is 70.8 Å². The molecule has 2 aliphatic rings. The molecule has 1 aliphatic heterocycles. The highest BCUT2D eigenvalue weighted by atomic mass is 16.5. The van der Waals surface area contributed by atoms with E-state index in [1.54, 1.807) is 7.05 Å². The van der Waals surface area contributed by atoms with Crippen LogP contribution < -0.4 is 16.0 Å². The van der Waals surface area contributed by atoms with Crippen molar-refractivity contribution in [1.82, 2.24) is 16.0 Å². The minimum Gasteiger partial charge on any atom is -0.379 e. The summed E-state index contributed by atoms with van der Waals surface area (Å²) in [6.45, 7) is 3.86. The fourth-order valence-corrected chi connectivity index (χ4v) is 2.58. The number of amides is 1. The molecule has 1 aliphatic carbocycles. The summed E-state index contributed by atoms with van der Waals surface area (Å²) in [5.74, 6) is 0.933. The lowest BCUT2D eigenvalue weighted by Gasteiger charge is -2.13. The van der Waals surface area contributed by atoms with E-state index in [2.05, 4.69) is 20.9 Å². The zero-order chi connectivity index (χ0) is 17.0. The molecule has 1 unspecified atom stereocenters. The SMILES string of the molecule is CN=C(NCCCOCC1CCCO1)NCCCC(=O)NC1CC1. The third-order valence-corrected chi connectivity index (χ3v) is 4.12. The number of aliphatic imine (C=N–C) groups is 1. The minimum atomic E-state index is 0.158. The van der Waals surface area contributed by atoms with Gasteiger partial charge in [0.2, 0.25) is 5.91 Å². The summed E-state index contributed by atoms with van der Waals surface area (Å²) in [4.78, 5) is 15.7. The van der Waals surface area contributed by atoms with E-state index in [1.807, 2.05) is 0 Å². The lowest BCUT2D eigenvalue weighted by molar-refractivity contribution is -0.121. The van der Waals surface area contributed by atoms with Crippen LogP contribution in [0.4, 0.5) is 0 Å².